The average Bonchev–Trinajstić information content (AvgIpc) is 2.67. The Morgan fingerprint density at radius 1 is 1.23 bits per heavy atom. The summed E-state index contributed by atoms with van der Waals surface area (Å²) in [4.78, 5) is 38.0. The van der Waals surface area contributed by atoms with E-state index in [4.69, 9.17) is 4.74 Å². The van der Waals surface area contributed by atoms with Gasteiger partial charge in [-0.3, -0.25) is 14.4 Å². The molecule has 26 heavy (non-hydrogen) atoms. The van der Waals surface area contributed by atoms with Gasteiger partial charge in [-0.1, -0.05) is 30.3 Å². The van der Waals surface area contributed by atoms with Crippen LogP contribution in [0.15, 0.2) is 30.3 Å². The van der Waals surface area contributed by atoms with Crippen molar-refractivity contribution in [3.63, 3.8) is 0 Å². The van der Waals surface area contributed by atoms with Crippen LogP contribution in [0, 0.1) is 5.92 Å². The lowest BCUT2D eigenvalue weighted by atomic mass is 9.98. The van der Waals surface area contributed by atoms with Crippen LogP contribution in [0.5, 0.6) is 0 Å². The molecular formula is C20H28N2O4. The van der Waals surface area contributed by atoms with Crippen molar-refractivity contribution in [1.82, 2.24) is 10.2 Å². The van der Waals surface area contributed by atoms with Crippen LogP contribution in [-0.2, 0) is 19.1 Å². The molecule has 6 nitrogen and oxygen atoms in total. The number of carbonyl (C=O) groups is 3. The summed E-state index contributed by atoms with van der Waals surface area (Å²) in [6.45, 7) is 5.07. The fourth-order valence-corrected chi connectivity index (χ4v) is 3.17. The Morgan fingerprint density at radius 3 is 2.65 bits per heavy atom. The van der Waals surface area contributed by atoms with E-state index in [0.29, 0.717) is 19.7 Å². The number of ether oxygens (including phenoxy) is 1. The molecule has 0 saturated carbocycles. The third-order valence-electron chi connectivity index (χ3n) is 4.64. The lowest BCUT2D eigenvalue weighted by Gasteiger charge is -2.31. The standard InChI is InChI=1S/C20H28N2O4/c1-3-26-20(25)17-10-7-13-22(14-17)19(24)12-11-18(23)21-15(2)16-8-5-4-6-9-16/h4-6,8-9,15,17H,3,7,10-14H2,1-2H3,(H,21,23)/t15-,17+/m0/s1. The van der Waals surface area contributed by atoms with E-state index in [0.717, 1.165) is 18.4 Å². The maximum Gasteiger partial charge on any atom is 0.310 e. The van der Waals surface area contributed by atoms with Crippen molar-refractivity contribution in [3.8, 4) is 0 Å². The van der Waals surface area contributed by atoms with E-state index in [9.17, 15) is 14.4 Å². The number of rotatable bonds is 7. The molecule has 1 saturated heterocycles. The van der Waals surface area contributed by atoms with Crippen molar-refractivity contribution in [1.29, 1.82) is 0 Å². The van der Waals surface area contributed by atoms with Crippen LogP contribution in [-0.4, -0.2) is 42.4 Å². The molecule has 1 aromatic carbocycles. The third kappa shape index (κ3) is 5.86. The van der Waals surface area contributed by atoms with E-state index < -0.39 is 0 Å². The second-order valence-corrected chi connectivity index (χ2v) is 6.63. The first-order chi connectivity index (χ1) is 12.5. The minimum absolute atomic E-state index is 0.0819. The van der Waals surface area contributed by atoms with Crippen molar-refractivity contribution in [2.75, 3.05) is 19.7 Å². The highest BCUT2D eigenvalue weighted by atomic mass is 16.5. The number of piperidine rings is 1. The molecule has 6 heteroatoms. The smallest absolute Gasteiger partial charge is 0.310 e. The molecule has 1 N–H and O–H groups in total. The van der Waals surface area contributed by atoms with E-state index in [2.05, 4.69) is 5.32 Å². The zero-order valence-corrected chi connectivity index (χ0v) is 15.6. The number of likely N-dealkylation sites (tertiary alicyclic amines) is 1. The molecule has 0 spiro atoms. The summed E-state index contributed by atoms with van der Waals surface area (Å²) in [5.74, 6) is -0.714. The summed E-state index contributed by atoms with van der Waals surface area (Å²) < 4.78 is 5.05. The van der Waals surface area contributed by atoms with Crippen LogP contribution in [0.4, 0.5) is 0 Å². The minimum atomic E-state index is -0.250. The first-order valence-electron chi connectivity index (χ1n) is 9.30. The molecule has 1 aromatic rings. The Labute approximate surface area is 154 Å². The number of hydrogen-bond donors (Lipinski definition) is 1. The fourth-order valence-electron chi connectivity index (χ4n) is 3.17. The number of nitrogens with one attached hydrogen (secondary N) is 1. The van der Waals surface area contributed by atoms with E-state index >= 15 is 0 Å². The minimum Gasteiger partial charge on any atom is -0.466 e. The molecule has 1 aliphatic rings. The molecule has 0 aliphatic carbocycles. The lowest BCUT2D eigenvalue weighted by Crippen LogP contribution is -2.43. The summed E-state index contributed by atoms with van der Waals surface area (Å²) in [5, 5.41) is 2.91. The van der Waals surface area contributed by atoms with E-state index in [1.54, 1.807) is 11.8 Å². The van der Waals surface area contributed by atoms with Gasteiger partial charge in [0.2, 0.25) is 11.8 Å². The number of carbonyl (C=O) groups excluding carboxylic acids is 3. The molecule has 142 valence electrons. The van der Waals surface area contributed by atoms with Crippen LogP contribution in [0.2, 0.25) is 0 Å². The van der Waals surface area contributed by atoms with E-state index in [-0.39, 0.29) is 42.6 Å². The maximum atomic E-state index is 12.4. The Bertz CT molecular complexity index is 617. The van der Waals surface area contributed by atoms with Crippen LogP contribution in [0.25, 0.3) is 0 Å². The molecule has 0 bridgehead atoms. The first kappa shape index (κ1) is 19.9. The Morgan fingerprint density at radius 2 is 1.96 bits per heavy atom. The van der Waals surface area contributed by atoms with Gasteiger partial charge in [-0.15, -0.1) is 0 Å². The molecule has 1 fully saturated rings. The van der Waals surface area contributed by atoms with Gasteiger partial charge in [0, 0.05) is 25.9 Å². The van der Waals surface area contributed by atoms with Gasteiger partial charge in [0.15, 0.2) is 0 Å². The Balaban J connectivity index is 1.76. The summed E-state index contributed by atoms with van der Waals surface area (Å²) in [6.07, 6.45) is 1.84. The van der Waals surface area contributed by atoms with Crippen LogP contribution < -0.4 is 5.32 Å². The summed E-state index contributed by atoms with van der Waals surface area (Å²) >= 11 is 0. The fraction of sp³-hybridized carbons (Fsp3) is 0.550. The molecule has 0 radical (unpaired) electrons. The number of nitrogens with zero attached hydrogens (tertiary/aromatic N) is 1. The van der Waals surface area contributed by atoms with Crippen LogP contribution in [0.3, 0.4) is 0 Å². The SMILES string of the molecule is CCOC(=O)[C@@H]1CCCN(C(=O)CCC(=O)N[C@@H](C)c2ccccc2)C1. The third-order valence-corrected chi connectivity index (χ3v) is 4.64. The van der Waals surface area contributed by atoms with Gasteiger partial charge in [0.1, 0.15) is 0 Å². The predicted octanol–water partition coefficient (Wildman–Crippen LogP) is 2.45. The number of esters is 1. The quantitative estimate of drug-likeness (QED) is 0.758. The van der Waals surface area contributed by atoms with Crippen molar-refractivity contribution in [2.45, 2.75) is 45.6 Å². The molecule has 1 heterocycles. The van der Waals surface area contributed by atoms with Crippen molar-refractivity contribution < 1.29 is 19.1 Å². The largest absolute Gasteiger partial charge is 0.466 e. The topological polar surface area (TPSA) is 75.7 Å². The average molecular weight is 360 g/mol. The van der Waals surface area contributed by atoms with Crippen LogP contribution >= 0.6 is 0 Å². The number of amides is 2. The predicted molar refractivity (Wildman–Crippen MR) is 98.2 cm³/mol. The van der Waals surface area contributed by atoms with Gasteiger partial charge in [0.25, 0.3) is 0 Å². The zero-order chi connectivity index (χ0) is 18.9. The summed E-state index contributed by atoms with van der Waals surface area (Å²) in [7, 11) is 0. The lowest BCUT2D eigenvalue weighted by molar-refractivity contribution is -0.151. The summed E-state index contributed by atoms with van der Waals surface area (Å²) in [6, 6.07) is 9.61. The molecule has 1 aliphatic heterocycles. The normalized spacial score (nSPS) is 18.1. The maximum absolute atomic E-state index is 12.4. The highest BCUT2D eigenvalue weighted by molar-refractivity contribution is 5.84. The van der Waals surface area contributed by atoms with Gasteiger partial charge >= 0.3 is 5.97 Å². The summed E-state index contributed by atoms with van der Waals surface area (Å²) in [5.41, 5.74) is 1.03. The van der Waals surface area contributed by atoms with E-state index in [1.165, 1.54) is 0 Å². The highest BCUT2D eigenvalue weighted by Gasteiger charge is 2.29. The van der Waals surface area contributed by atoms with E-state index in [1.807, 2.05) is 37.3 Å². The van der Waals surface area contributed by atoms with Crippen molar-refractivity contribution in [2.24, 2.45) is 5.92 Å². The monoisotopic (exact) mass is 360 g/mol. The Hall–Kier alpha value is -2.37. The second-order valence-electron chi connectivity index (χ2n) is 6.63. The number of hydrogen-bond acceptors (Lipinski definition) is 4. The first-order valence-corrected chi connectivity index (χ1v) is 9.30. The van der Waals surface area contributed by atoms with Gasteiger partial charge in [-0.2, -0.15) is 0 Å². The molecule has 2 rings (SSSR count). The molecule has 2 atom stereocenters. The van der Waals surface area contributed by atoms with Crippen molar-refractivity contribution >= 4 is 17.8 Å². The Kier molecular flexibility index (Phi) is 7.63. The zero-order valence-electron chi connectivity index (χ0n) is 15.6. The molecule has 2 amide bonds. The van der Waals surface area contributed by atoms with Gasteiger partial charge < -0.3 is 15.0 Å². The molecule has 0 unspecified atom stereocenters. The highest BCUT2D eigenvalue weighted by Crippen LogP contribution is 2.19. The number of benzene rings is 1. The second kappa shape index (κ2) is 9.94. The van der Waals surface area contributed by atoms with Gasteiger partial charge in [-0.25, -0.2) is 0 Å². The molecule has 0 aromatic heterocycles. The molecular weight excluding hydrogens is 332 g/mol. The van der Waals surface area contributed by atoms with Gasteiger partial charge in [-0.05, 0) is 32.3 Å². The van der Waals surface area contributed by atoms with Crippen LogP contribution in [0.1, 0.15) is 51.1 Å². The van der Waals surface area contributed by atoms with Gasteiger partial charge in [0.05, 0.1) is 18.6 Å². The van der Waals surface area contributed by atoms with Crippen molar-refractivity contribution in [3.05, 3.63) is 35.9 Å².